The van der Waals surface area contributed by atoms with Gasteiger partial charge in [-0.05, 0) is 13.3 Å². The van der Waals surface area contributed by atoms with Gasteiger partial charge in [0.05, 0.1) is 6.61 Å². The minimum atomic E-state index is -1.55. The highest BCUT2D eigenvalue weighted by atomic mass is 16.5. The van der Waals surface area contributed by atoms with Crippen molar-refractivity contribution in [1.82, 2.24) is 5.32 Å². The fourth-order valence-electron chi connectivity index (χ4n) is 2.28. The Bertz CT molecular complexity index is 294. The highest BCUT2D eigenvalue weighted by Crippen LogP contribution is 2.11. The third kappa shape index (κ3) is 12.6. The highest BCUT2D eigenvalue weighted by molar-refractivity contribution is 5.83. The number of nitrogens with one attached hydrogen (secondary N) is 1. The van der Waals surface area contributed by atoms with Crippen molar-refractivity contribution in [2.45, 2.75) is 90.7 Å². The number of unbranched alkanes of at least 4 members (excludes halogenated alkanes) is 9. The van der Waals surface area contributed by atoms with Crippen LogP contribution in [0.1, 0.15) is 84.5 Å². The lowest BCUT2D eigenvalue weighted by atomic mass is 10.1. The monoisotopic (exact) mass is 315 g/mol. The summed E-state index contributed by atoms with van der Waals surface area (Å²) in [5, 5.41) is 11.6. The normalized spacial score (nSPS) is 12.0. The third-order valence-corrected chi connectivity index (χ3v) is 3.56. The van der Waals surface area contributed by atoms with Crippen molar-refractivity contribution >= 4 is 11.9 Å². The van der Waals surface area contributed by atoms with Gasteiger partial charge in [0.2, 0.25) is 12.1 Å². The number of hydrogen-bond donors (Lipinski definition) is 2. The van der Waals surface area contributed by atoms with Gasteiger partial charge in [-0.3, -0.25) is 4.79 Å². The number of amides is 1. The Balaban J connectivity index is 3.40. The summed E-state index contributed by atoms with van der Waals surface area (Å²) in [4.78, 5) is 22.7. The molecule has 1 atom stereocenters. The maximum Gasteiger partial charge on any atom is 0.356 e. The molecule has 0 heterocycles. The van der Waals surface area contributed by atoms with Crippen LogP contribution in [0.15, 0.2) is 0 Å². The van der Waals surface area contributed by atoms with E-state index in [4.69, 9.17) is 0 Å². The number of ether oxygens (including phenoxy) is 1. The number of rotatable bonds is 14. The Morgan fingerprint density at radius 2 is 1.41 bits per heavy atom. The summed E-state index contributed by atoms with van der Waals surface area (Å²) in [6.45, 7) is 4.06. The fourth-order valence-corrected chi connectivity index (χ4v) is 2.28. The number of esters is 1. The summed E-state index contributed by atoms with van der Waals surface area (Å²) in [6, 6.07) is 0. The van der Waals surface area contributed by atoms with E-state index in [1.807, 2.05) is 0 Å². The summed E-state index contributed by atoms with van der Waals surface area (Å²) in [7, 11) is 0. The molecular weight excluding hydrogens is 282 g/mol. The first-order chi connectivity index (χ1) is 10.6. The molecule has 0 fully saturated rings. The minimum Gasteiger partial charge on any atom is -0.463 e. The maximum atomic E-state index is 11.5. The van der Waals surface area contributed by atoms with Crippen LogP contribution in [0.3, 0.4) is 0 Å². The smallest absolute Gasteiger partial charge is 0.356 e. The van der Waals surface area contributed by atoms with Gasteiger partial charge in [0, 0.05) is 6.42 Å². The second-order valence-corrected chi connectivity index (χ2v) is 5.65. The standard InChI is InChI=1S/C17H33NO4/c1-3-5-6-7-8-9-10-11-12-13-14-15(19)18-16(20)17(21)22-4-2/h16,20H,3-14H2,1-2H3,(H,18,19)/t16-/m1/s1. The zero-order valence-corrected chi connectivity index (χ0v) is 14.2. The molecule has 0 aromatic heterocycles. The average Bonchev–Trinajstić information content (AvgIpc) is 2.49. The van der Waals surface area contributed by atoms with Crippen LogP contribution in [-0.2, 0) is 14.3 Å². The number of aliphatic hydroxyl groups is 1. The van der Waals surface area contributed by atoms with Crippen LogP contribution in [0, 0.1) is 0 Å². The van der Waals surface area contributed by atoms with Crippen LogP contribution in [0.5, 0.6) is 0 Å². The van der Waals surface area contributed by atoms with Crippen LogP contribution in [-0.4, -0.2) is 29.8 Å². The van der Waals surface area contributed by atoms with E-state index in [9.17, 15) is 14.7 Å². The van der Waals surface area contributed by atoms with Crippen molar-refractivity contribution < 1.29 is 19.4 Å². The molecule has 5 heteroatoms. The van der Waals surface area contributed by atoms with Crippen LogP contribution in [0.2, 0.25) is 0 Å². The maximum absolute atomic E-state index is 11.5. The van der Waals surface area contributed by atoms with E-state index in [2.05, 4.69) is 17.0 Å². The van der Waals surface area contributed by atoms with Crippen LogP contribution in [0.4, 0.5) is 0 Å². The van der Waals surface area contributed by atoms with Crippen molar-refractivity contribution in [2.24, 2.45) is 0 Å². The lowest BCUT2D eigenvalue weighted by molar-refractivity contribution is -0.157. The second kappa shape index (κ2) is 14.8. The molecule has 0 bridgehead atoms. The zero-order chi connectivity index (χ0) is 16.6. The molecule has 22 heavy (non-hydrogen) atoms. The molecule has 0 aromatic carbocycles. The lowest BCUT2D eigenvalue weighted by Gasteiger charge is -2.11. The predicted octanol–water partition coefficient (Wildman–Crippen LogP) is 3.30. The Labute approximate surface area is 134 Å². The summed E-state index contributed by atoms with van der Waals surface area (Å²) in [5.41, 5.74) is 0. The molecule has 130 valence electrons. The number of hydrogen-bond acceptors (Lipinski definition) is 4. The fraction of sp³-hybridized carbons (Fsp3) is 0.882. The van der Waals surface area contributed by atoms with Gasteiger partial charge in [0.1, 0.15) is 0 Å². The van der Waals surface area contributed by atoms with Crippen molar-refractivity contribution in [3.8, 4) is 0 Å². The van der Waals surface area contributed by atoms with Crippen LogP contribution >= 0.6 is 0 Å². The topological polar surface area (TPSA) is 75.6 Å². The first-order valence-electron chi connectivity index (χ1n) is 8.75. The van der Waals surface area contributed by atoms with E-state index in [0.29, 0.717) is 6.42 Å². The van der Waals surface area contributed by atoms with E-state index in [1.165, 1.54) is 44.9 Å². The van der Waals surface area contributed by atoms with Gasteiger partial charge in [-0.2, -0.15) is 0 Å². The number of aliphatic hydroxyl groups excluding tert-OH is 1. The minimum absolute atomic E-state index is 0.185. The van der Waals surface area contributed by atoms with Gasteiger partial charge in [-0.15, -0.1) is 0 Å². The van der Waals surface area contributed by atoms with E-state index in [-0.39, 0.29) is 12.5 Å². The predicted molar refractivity (Wildman–Crippen MR) is 87.2 cm³/mol. The molecule has 0 saturated heterocycles. The molecule has 0 saturated carbocycles. The SMILES string of the molecule is CCCCCCCCCCCCC(=O)N[C@H](O)C(=O)OCC. The van der Waals surface area contributed by atoms with Gasteiger partial charge in [-0.25, -0.2) is 4.79 Å². The van der Waals surface area contributed by atoms with Gasteiger partial charge in [0.25, 0.3) is 0 Å². The van der Waals surface area contributed by atoms with Crippen LogP contribution in [0.25, 0.3) is 0 Å². The molecule has 0 unspecified atom stereocenters. The molecule has 0 aliphatic rings. The number of carbonyl (C=O) groups excluding carboxylic acids is 2. The lowest BCUT2D eigenvalue weighted by Crippen LogP contribution is -2.41. The van der Waals surface area contributed by atoms with Crippen molar-refractivity contribution in [3.63, 3.8) is 0 Å². The van der Waals surface area contributed by atoms with E-state index >= 15 is 0 Å². The molecule has 5 nitrogen and oxygen atoms in total. The van der Waals surface area contributed by atoms with Crippen molar-refractivity contribution in [1.29, 1.82) is 0 Å². The Morgan fingerprint density at radius 1 is 0.909 bits per heavy atom. The second-order valence-electron chi connectivity index (χ2n) is 5.65. The zero-order valence-electron chi connectivity index (χ0n) is 14.2. The summed E-state index contributed by atoms with van der Waals surface area (Å²) >= 11 is 0. The largest absolute Gasteiger partial charge is 0.463 e. The highest BCUT2D eigenvalue weighted by Gasteiger charge is 2.17. The Morgan fingerprint density at radius 3 is 1.91 bits per heavy atom. The first-order valence-corrected chi connectivity index (χ1v) is 8.75. The molecule has 0 aliphatic heterocycles. The molecular formula is C17H33NO4. The molecule has 0 aliphatic carbocycles. The quantitative estimate of drug-likeness (QED) is 0.293. The molecule has 1 amide bonds. The van der Waals surface area contributed by atoms with Gasteiger partial charge >= 0.3 is 5.97 Å². The van der Waals surface area contributed by atoms with Gasteiger partial charge < -0.3 is 15.2 Å². The Kier molecular flexibility index (Phi) is 14.1. The first kappa shape index (κ1) is 20.9. The average molecular weight is 315 g/mol. The van der Waals surface area contributed by atoms with E-state index in [1.54, 1.807) is 6.92 Å². The summed E-state index contributed by atoms with van der Waals surface area (Å²) in [6.07, 6.45) is 10.9. The van der Waals surface area contributed by atoms with E-state index in [0.717, 1.165) is 19.3 Å². The van der Waals surface area contributed by atoms with Crippen molar-refractivity contribution in [2.75, 3.05) is 6.61 Å². The van der Waals surface area contributed by atoms with Gasteiger partial charge in [0.15, 0.2) is 0 Å². The molecule has 0 rings (SSSR count). The Hall–Kier alpha value is -1.10. The summed E-state index contributed by atoms with van der Waals surface area (Å²) < 4.78 is 4.61. The molecule has 0 spiro atoms. The van der Waals surface area contributed by atoms with E-state index < -0.39 is 12.2 Å². The third-order valence-electron chi connectivity index (χ3n) is 3.56. The molecule has 0 radical (unpaired) electrons. The van der Waals surface area contributed by atoms with Gasteiger partial charge in [-0.1, -0.05) is 64.7 Å². The number of carbonyl (C=O) groups is 2. The van der Waals surface area contributed by atoms with Crippen LogP contribution < -0.4 is 5.32 Å². The summed E-state index contributed by atoms with van der Waals surface area (Å²) in [5.74, 6) is -1.11. The molecule has 2 N–H and O–H groups in total. The van der Waals surface area contributed by atoms with Crippen molar-refractivity contribution in [3.05, 3.63) is 0 Å². The molecule has 0 aromatic rings.